The minimum atomic E-state index is -1.01. The van der Waals surface area contributed by atoms with Gasteiger partial charge in [0, 0.05) is 25.3 Å². The fraction of sp³-hybridized carbons (Fsp3) is 0.312. The fourth-order valence-corrected chi connectivity index (χ4v) is 2.39. The van der Waals surface area contributed by atoms with Crippen LogP contribution in [0, 0.1) is 13.8 Å². The molecule has 2 N–H and O–H groups in total. The quantitative estimate of drug-likeness (QED) is 0.750. The molecule has 0 aliphatic rings. The maximum atomic E-state index is 10.5. The zero-order chi connectivity index (χ0) is 15.1. The van der Waals surface area contributed by atoms with Crippen molar-refractivity contribution in [3.05, 3.63) is 54.1 Å². The third-order valence-electron chi connectivity index (χ3n) is 3.01. The van der Waals surface area contributed by atoms with Crippen molar-refractivity contribution in [2.75, 3.05) is 18.0 Å². The highest BCUT2D eigenvalue weighted by Gasteiger charge is 2.11. The van der Waals surface area contributed by atoms with Crippen LogP contribution >= 0.6 is 0 Å². The van der Waals surface area contributed by atoms with Crippen molar-refractivity contribution in [3.63, 3.8) is 0 Å². The summed E-state index contributed by atoms with van der Waals surface area (Å²) in [6.07, 6.45) is 2.72. The van der Waals surface area contributed by atoms with Crippen LogP contribution in [0.4, 0.5) is 10.5 Å². The first-order chi connectivity index (χ1) is 9.49. The normalized spacial score (nSPS) is 9.90. The Bertz CT molecular complexity index is 476. The third-order valence-corrected chi connectivity index (χ3v) is 3.01. The number of nitrogens with zero attached hydrogens (tertiary/aromatic N) is 1. The topological polar surface area (TPSA) is 52.6 Å². The van der Waals surface area contributed by atoms with Crippen LogP contribution < -0.4 is 10.2 Å². The maximum Gasteiger partial charge on any atom is 0.404 e. The molecule has 20 heavy (non-hydrogen) atoms. The Kier molecular flexibility index (Phi) is 5.84. The third kappa shape index (κ3) is 4.16. The molecular weight excluding hydrogens is 252 g/mol. The largest absolute Gasteiger partial charge is 0.465 e. The van der Waals surface area contributed by atoms with Gasteiger partial charge in [-0.15, -0.1) is 13.2 Å². The Hall–Kier alpha value is -2.23. The number of nitrogens with one attached hydrogen (secondary N) is 1. The molecule has 1 rings (SSSR count). The van der Waals surface area contributed by atoms with Gasteiger partial charge in [-0.3, -0.25) is 0 Å². The molecule has 0 aliphatic heterocycles. The first-order valence-corrected chi connectivity index (χ1v) is 6.53. The lowest BCUT2D eigenvalue weighted by Crippen LogP contribution is -2.25. The van der Waals surface area contributed by atoms with Crippen molar-refractivity contribution in [2.45, 2.75) is 20.4 Å². The Balaban J connectivity index is 3.05. The zero-order valence-corrected chi connectivity index (χ0v) is 12.1. The minimum Gasteiger partial charge on any atom is -0.465 e. The van der Waals surface area contributed by atoms with Gasteiger partial charge in [0.05, 0.1) is 0 Å². The van der Waals surface area contributed by atoms with Gasteiger partial charge in [-0.1, -0.05) is 24.3 Å². The molecule has 0 aromatic heterocycles. The summed E-state index contributed by atoms with van der Waals surface area (Å²) in [5.74, 6) is 0. The lowest BCUT2D eigenvalue weighted by atomic mass is 10.0. The summed E-state index contributed by atoms with van der Waals surface area (Å²) in [5.41, 5.74) is 4.36. The van der Waals surface area contributed by atoms with Crippen LogP contribution in [0.2, 0.25) is 0 Å². The first kappa shape index (κ1) is 15.8. The molecule has 4 nitrogen and oxygen atoms in total. The number of amides is 1. The monoisotopic (exact) mass is 274 g/mol. The highest BCUT2D eigenvalue weighted by molar-refractivity contribution is 5.65. The molecule has 0 heterocycles. The van der Waals surface area contributed by atoms with Crippen molar-refractivity contribution >= 4 is 11.8 Å². The molecule has 0 spiro atoms. The molecule has 0 fully saturated rings. The molecule has 0 bridgehead atoms. The standard InChI is InChI=1S/C16H22N2O2/c1-5-7-18(8-6-2)15-12(3)9-14(10-13(15)4)11-17-16(19)20/h5-6,9-10,17H,1-2,7-8,11H2,3-4H3,(H,19,20). The van der Waals surface area contributed by atoms with E-state index in [-0.39, 0.29) is 0 Å². The smallest absolute Gasteiger partial charge is 0.404 e. The average molecular weight is 274 g/mol. The van der Waals surface area contributed by atoms with E-state index in [1.807, 2.05) is 38.1 Å². The number of rotatable bonds is 7. The predicted molar refractivity (Wildman–Crippen MR) is 83.4 cm³/mol. The van der Waals surface area contributed by atoms with Crippen LogP contribution in [0.1, 0.15) is 16.7 Å². The van der Waals surface area contributed by atoms with E-state index < -0.39 is 6.09 Å². The van der Waals surface area contributed by atoms with Crippen LogP contribution in [-0.4, -0.2) is 24.3 Å². The van der Waals surface area contributed by atoms with Crippen LogP contribution in [-0.2, 0) is 6.54 Å². The second kappa shape index (κ2) is 7.38. The SMILES string of the molecule is C=CCN(CC=C)c1c(C)cc(CNC(=O)O)cc1C. The molecule has 4 heteroatoms. The molecule has 0 saturated carbocycles. The van der Waals surface area contributed by atoms with Crippen molar-refractivity contribution in [1.82, 2.24) is 5.32 Å². The van der Waals surface area contributed by atoms with Crippen LogP contribution in [0.25, 0.3) is 0 Å². The zero-order valence-electron chi connectivity index (χ0n) is 12.1. The van der Waals surface area contributed by atoms with Crippen molar-refractivity contribution in [3.8, 4) is 0 Å². The summed E-state index contributed by atoms with van der Waals surface area (Å²) in [4.78, 5) is 12.7. The lowest BCUT2D eigenvalue weighted by molar-refractivity contribution is 0.194. The van der Waals surface area contributed by atoms with Crippen LogP contribution in [0.15, 0.2) is 37.4 Å². The summed E-state index contributed by atoms with van der Waals surface area (Å²) in [6, 6.07) is 4.02. The van der Waals surface area contributed by atoms with Gasteiger partial charge in [-0.2, -0.15) is 0 Å². The van der Waals surface area contributed by atoms with Gasteiger partial charge in [0.25, 0.3) is 0 Å². The Labute approximate surface area is 120 Å². The summed E-state index contributed by atoms with van der Waals surface area (Å²) in [6.45, 7) is 13.5. The molecule has 1 aromatic carbocycles. The summed E-state index contributed by atoms with van der Waals surface area (Å²) in [5, 5.41) is 11.0. The van der Waals surface area contributed by atoms with E-state index >= 15 is 0 Å². The number of hydrogen-bond acceptors (Lipinski definition) is 2. The number of carbonyl (C=O) groups is 1. The fourth-order valence-electron chi connectivity index (χ4n) is 2.39. The molecule has 108 valence electrons. The molecular formula is C16H22N2O2. The van der Waals surface area contributed by atoms with Gasteiger partial charge in [0.1, 0.15) is 0 Å². The van der Waals surface area contributed by atoms with Crippen LogP contribution in [0.3, 0.4) is 0 Å². The molecule has 0 aliphatic carbocycles. The van der Waals surface area contributed by atoms with E-state index in [1.165, 1.54) is 0 Å². The Morgan fingerprint density at radius 2 is 1.75 bits per heavy atom. The van der Waals surface area contributed by atoms with E-state index in [9.17, 15) is 4.79 Å². The molecule has 1 aromatic rings. The number of aryl methyl sites for hydroxylation is 2. The van der Waals surface area contributed by atoms with Gasteiger partial charge in [-0.25, -0.2) is 4.79 Å². The molecule has 0 radical (unpaired) electrons. The molecule has 0 saturated heterocycles. The number of benzene rings is 1. The van der Waals surface area contributed by atoms with Gasteiger partial charge in [0.15, 0.2) is 0 Å². The van der Waals surface area contributed by atoms with Gasteiger partial charge in [0.2, 0.25) is 0 Å². The van der Waals surface area contributed by atoms with E-state index in [1.54, 1.807) is 0 Å². The number of carboxylic acid groups (broad SMARTS) is 1. The van der Waals surface area contributed by atoms with E-state index in [0.29, 0.717) is 6.54 Å². The number of hydrogen-bond donors (Lipinski definition) is 2. The Morgan fingerprint density at radius 3 is 2.15 bits per heavy atom. The second-order valence-electron chi connectivity index (χ2n) is 4.72. The van der Waals surface area contributed by atoms with E-state index in [0.717, 1.165) is 35.5 Å². The molecule has 0 atom stereocenters. The Morgan fingerprint density at radius 1 is 1.25 bits per heavy atom. The van der Waals surface area contributed by atoms with Gasteiger partial charge in [-0.05, 0) is 30.5 Å². The second-order valence-corrected chi connectivity index (χ2v) is 4.72. The van der Waals surface area contributed by atoms with Crippen LogP contribution in [0.5, 0.6) is 0 Å². The maximum absolute atomic E-state index is 10.5. The minimum absolute atomic E-state index is 0.320. The highest BCUT2D eigenvalue weighted by atomic mass is 16.4. The van der Waals surface area contributed by atoms with E-state index in [2.05, 4.69) is 23.4 Å². The van der Waals surface area contributed by atoms with Gasteiger partial charge >= 0.3 is 6.09 Å². The summed E-state index contributed by atoms with van der Waals surface area (Å²) in [7, 11) is 0. The van der Waals surface area contributed by atoms with E-state index in [4.69, 9.17) is 5.11 Å². The number of anilines is 1. The van der Waals surface area contributed by atoms with Crippen molar-refractivity contribution in [2.24, 2.45) is 0 Å². The summed E-state index contributed by atoms with van der Waals surface area (Å²) >= 11 is 0. The highest BCUT2D eigenvalue weighted by Crippen LogP contribution is 2.26. The lowest BCUT2D eigenvalue weighted by Gasteiger charge is -2.26. The molecule has 0 unspecified atom stereocenters. The molecule has 1 amide bonds. The average Bonchev–Trinajstić information content (AvgIpc) is 2.36. The van der Waals surface area contributed by atoms with Crippen molar-refractivity contribution < 1.29 is 9.90 Å². The van der Waals surface area contributed by atoms with Crippen molar-refractivity contribution in [1.29, 1.82) is 0 Å². The van der Waals surface area contributed by atoms with Gasteiger partial charge < -0.3 is 15.3 Å². The summed E-state index contributed by atoms with van der Waals surface area (Å²) < 4.78 is 0. The predicted octanol–water partition coefficient (Wildman–Crippen LogP) is 3.25. The first-order valence-electron chi connectivity index (χ1n) is 6.53.